The normalized spacial score (nSPS) is 14.3. The van der Waals surface area contributed by atoms with E-state index in [9.17, 15) is 18.0 Å². The summed E-state index contributed by atoms with van der Waals surface area (Å²) < 4.78 is 29.4. The zero-order valence-corrected chi connectivity index (χ0v) is 27.5. The topological polar surface area (TPSA) is 86.8 Å². The molecular weight excluding hydrogens is 595 g/mol. The molecule has 5 rings (SSSR count). The van der Waals surface area contributed by atoms with Gasteiger partial charge in [0.05, 0.1) is 10.6 Å². The van der Waals surface area contributed by atoms with E-state index in [0.29, 0.717) is 12.1 Å². The molecule has 1 atom stereocenters. The van der Waals surface area contributed by atoms with Crippen LogP contribution in [-0.2, 0) is 32.6 Å². The number of hydrogen-bond acceptors (Lipinski definition) is 4. The Kier molecular flexibility index (Phi) is 10.9. The van der Waals surface area contributed by atoms with E-state index >= 15 is 0 Å². The molecule has 46 heavy (non-hydrogen) atoms. The van der Waals surface area contributed by atoms with Gasteiger partial charge in [0.2, 0.25) is 11.8 Å². The highest BCUT2D eigenvalue weighted by Crippen LogP contribution is 2.26. The van der Waals surface area contributed by atoms with E-state index in [4.69, 9.17) is 0 Å². The molecule has 1 aliphatic rings. The first kappa shape index (κ1) is 32.9. The Labute approximate surface area is 273 Å². The van der Waals surface area contributed by atoms with Gasteiger partial charge in [-0.3, -0.25) is 13.9 Å². The quantitative estimate of drug-likeness (QED) is 0.190. The molecule has 0 radical (unpaired) electrons. The monoisotopic (exact) mass is 637 g/mol. The third kappa shape index (κ3) is 8.43. The molecule has 8 heteroatoms. The van der Waals surface area contributed by atoms with Gasteiger partial charge >= 0.3 is 0 Å². The standard InChI is InChI=1S/C38H43N3O4S/c1-29-21-23-32(24-22-29)27-40(36(26-31-14-6-3-7-15-31)38(43)39-33-16-8-4-9-17-33)37(42)28-41(34-18-12-13-30(2)25-34)46(44,45)35-19-10-5-11-20-35/h3,5-7,10-15,18-25,33,36H,4,8-9,16-17,26-28H2,1-2H3,(H,39,43). The van der Waals surface area contributed by atoms with Crippen LogP contribution in [0.25, 0.3) is 0 Å². The van der Waals surface area contributed by atoms with Gasteiger partial charge in [-0.05, 0) is 67.6 Å². The van der Waals surface area contributed by atoms with Crippen molar-refractivity contribution in [2.45, 2.75) is 75.9 Å². The highest BCUT2D eigenvalue weighted by molar-refractivity contribution is 7.92. The lowest BCUT2D eigenvalue weighted by Crippen LogP contribution is -2.55. The van der Waals surface area contributed by atoms with Crippen LogP contribution >= 0.6 is 0 Å². The number of carbonyl (C=O) groups excluding carboxylic acids is 2. The minimum absolute atomic E-state index is 0.0538. The maximum absolute atomic E-state index is 14.6. The molecule has 0 spiro atoms. The summed E-state index contributed by atoms with van der Waals surface area (Å²) in [6.07, 6.45) is 5.39. The van der Waals surface area contributed by atoms with Crippen LogP contribution in [0.5, 0.6) is 0 Å². The number of hydrogen-bond donors (Lipinski definition) is 1. The van der Waals surface area contributed by atoms with Crippen molar-refractivity contribution in [3.63, 3.8) is 0 Å². The van der Waals surface area contributed by atoms with Crippen LogP contribution in [0.1, 0.15) is 54.4 Å². The fourth-order valence-electron chi connectivity index (χ4n) is 6.02. The largest absolute Gasteiger partial charge is 0.352 e. The molecule has 2 amide bonds. The average Bonchev–Trinajstić information content (AvgIpc) is 3.07. The van der Waals surface area contributed by atoms with Crippen LogP contribution in [0.15, 0.2) is 114 Å². The van der Waals surface area contributed by atoms with Crippen molar-refractivity contribution in [3.8, 4) is 0 Å². The molecule has 1 saturated carbocycles. The molecule has 7 nitrogen and oxygen atoms in total. The Bertz CT molecular complexity index is 1700. The van der Waals surface area contributed by atoms with E-state index in [1.165, 1.54) is 16.4 Å². The number of sulfonamides is 1. The lowest BCUT2D eigenvalue weighted by atomic mass is 9.94. The van der Waals surface area contributed by atoms with Crippen molar-refractivity contribution in [2.75, 3.05) is 10.8 Å². The van der Waals surface area contributed by atoms with Gasteiger partial charge in [0, 0.05) is 19.0 Å². The van der Waals surface area contributed by atoms with Gasteiger partial charge in [0.15, 0.2) is 0 Å². The summed E-state index contributed by atoms with van der Waals surface area (Å²) in [5, 5.41) is 3.25. The second-order valence-corrected chi connectivity index (χ2v) is 14.1. The third-order valence-electron chi connectivity index (χ3n) is 8.60. The Morgan fingerprint density at radius 2 is 1.41 bits per heavy atom. The van der Waals surface area contributed by atoms with E-state index in [-0.39, 0.29) is 23.4 Å². The molecule has 0 aliphatic heterocycles. The molecular formula is C38H43N3O4S. The molecule has 240 valence electrons. The summed E-state index contributed by atoms with van der Waals surface area (Å²) in [5.41, 5.74) is 4.11. The van der Waals surface area contributed by atoms with Crippen LogP contribution < -0.4 is 9.62 Å². The van der Waals surface area contributed by atoms with E-state index in [0.717, 1.165) is 54.4 Å². The van der Waals surface area contributed by atoms with Crippen molar-refractivity contribution in [2.24, 2.45) is 0 Å². The van der Waals surface area contributed by atoms with Crippen LogP contribution in [0.4, 0.5) is 5.69 Å². The van der Waals surface area contributed by atoms with Gasteiger partial charge in [0.25, 0.3) is 10.0 Å². The summed E-state index contributed by atoms with van der Waals surface area (Å²) in [6.45, 7) is 3.57. The maximum atomic E-state index is 14.6. The summed E-state index contributed by atoms with van der Waals surface area (Å²) in [7, 11) is -4.12. The minimum Gasteiger partial charge on any atom is -0.352 e. The van der Waals surface area contributed by atoms with Crippen LogP contribution in [0.3, 0.4) is 0 Å². The molecule has 0 saturated heterocycles. The zero-order valence-electron chi connectivity index (χ0n) is 26.6. The minimum atomic E-state index is -4.12. The van der Waals surface area contributed by atoms with Crippen LogP contribution in [-0.4, -0.2) is 43.8 Å². The molecule has 1 fully saturated rings. The Hall–Kier alpha value is -4.43. The van der Waals surface area contributed by atoms with Gasteiger partial charge in [0.1, 0.15) is 12.6 Å². The van der Waals surface area contributed by atoms with Crippen molar-refractivity contribution in [1.29, 1.82) is 0 Å². The van der Waals surface area contributed by atoms with Gasteiger partial charge in [-0.1, -0.05) is 110 Å². The zero-order chi connectivity index (χ0) is 32.5. The number of nitrogens with one attached hydrogen (secondary N) is 1. The van der Waals surface area contributed by atoms with Crippen molar-refractivity contribution in [1.82, 2.24) is 10.2 Å². The fraction of sp³-hybridized carbons (Fsp3) is 0.316. The van der Waals surface area contributed by atoms with Gasteiger partial charge in [-0.15, -0.1) is 0 Å². The summed E-state index contributed by atoms with van der Waals surface area (Å²) >= 11 is 0. The molecule has 1 unspecified atom stereocenters. The fourth-order valence-corrected chi connectivity index (χ4v) is 7.45. The number of carbonyl (C=O) groups is 2. The van der Waals surface area contributed by atoms with Gasteiger partial charge < -0.3 is 10.2 Å². The predicted molar refractivity (Wildman–Crippen MR) is 183 cm³/mol. The number of anilines is 1. The van der Waals surface area contributed by atoms with Crippen molar-refractivity contribution < 1.29 is 18.0 Å². The molecule has 0 bridgehead atoms. The number of benzene rings is 4. The highest BCUT2D eigenvalue weighted by Gasteiger charge is 2.35. The Morgan fingerprint density at radius 3 is 2.07 bits per heavy atom. The number of rotatable bonds is 12. The average molecular weight is 638 g/mol. The van der Waals surface area contributed by atoms with E-state index in [1.807, 2.05) is 74.5 Å². The van der Waals surface area contributed by atoms with E-state index in [2.05, 4.69) is 5.32 Å². The maximum Gasteiger partial charge on any atom is 0.264 e. The molecule has 0 heterocycles. The Balaban J connectivity index is 1.55. The first-order valence-electron chi connectivity index (χ1n) is 16.0. The highest BCUT2D eigenvalue weighted by atomic mass is 32.2. The van der Waals surface area contributed by atoms with E-state index < -0.39 is 28.5 Å². The number of amides is 2. The van der Waals surface area contributed by atoms with Crippen LogP contribution in [0, 0.1) is 13.8 Å². The number of aryl methyl sites for hydroxylation is 2. The van der Waals surface area contributed by atoms with Crippen molar-refractivity contribution in [3.05, 3.63) is 131 Å². The smallest absolute Gasteiger partial charge is 0.264 e. The predicted octanol–water partition coefficient (Wildman–Crippen LogP) is 6.59. The lowest BCUT2D eigenvalue weighted by Gasteiger charge is -2.35. The molecule has 0 aromatic heterocycles. The third-order valence-corrected chi connectivity index (χ3v) is 10.4. The molecule has 1 aliphatic carbocycles. The molecule has 1 N–H and O–H groups in total. The molecule has 4 aromatic rings. The van der Waals surface area contributed by atoms with Gasteiger partial charge in [-0.25, -0.2) is 8.42 Å². The first-order chi connectivity index (χ1) is 22.2. The summed E-state index contributed by atoms with van der Waals surface area (Å²) in [4.78, 5) is 30.5. The first-order valence-corrected chi connectivity index (χ1v) is 17.5. The summed E-state index contributed by atoms with van der Waals surface area (Å²) in [6, 6.07) is 32.0. The second kappa shape index (κ2) is 15.2. The van der Waals surface area contributed by atoms with Gasteiger partial charge in [-0.2, -0.15) is 0 Å². The number of nitrogens with zero attached hydrogens (tertiary/aromatic N) is 2. The summed E-state index contributed by atoms with van der Waals surface area (Å²) in [5.74, 6) is -0.675. The second-order valence-electron chi connectivity index (χ2n) is 12.2. The SMILES string of the molecule is Cc1ccc(CN(C(=O)CN(c2cccc(C)c2)S(=O)(=O)c2ccccc2)C(Cc2ccccc2)C(=O)NC2CCCCC2)cc1. The van der Waals surface area contributed by atoms with Crippen molar-refractivity contribution >= 4 is 27.5 Å². The van der Waals surface area contributed by atoms with Crippen LogP contribution in [0.2, 0.25) is 0 Å². The van der Waals surface area contributed by atoms with E-state index in [1.54, 1.807) is 41.3 Å². The Morgan fingerprint density at radius 1 is 0.761 bits per heavy atom. The molecule has 4 aromatic carbocycles. The lowest BCUT2D eigenvalue weighted by molar-refractivity contribution is -0.140.